The number of nitrogens with zero attached hydrogens (tertiary/aromatic N) is 3. The molecule has 0 saturated carbocycles. The van der Waals surface area contributed by atoms with Gasteiger partial charge < -0.3 is 25.4 Å². The van der Waals surface area contributed by atoms with Crippen LogP contribution in [0.25, 0.3) is 0 Å². The van der Waals surface area contributed by atoms with Gasteiger partial charge in [0.2, 0.25) is 11.8 Å². The number of primary amides is 1. The lowest BCUT2D eigenvalue weighted by molar-refractivity contribution is -0.119. The van der Waals surface area contributed by atoms with Crippen LogP contribution in [0.1, 0.15) is 38.2 Å². The third-order valence-electron chi connectivity index (χ3n) is 5.32. The van der Waals surface area contributed by atoms with E-state index in [4.69, 9.17) is 15.2 Å². The Morgan fingerprint density at radius 2 is 2.03 bits per heavy atom. The van der Waals surface area contributed by atoms with Gasteiger partial charge in [0.25, 0.3) is 0 Å². The number of piperidine rings is 1. The van der Waals surface area contributed by atoms with Crippen LogP contribution in [0.5, 0.6) is 17.4 Å². The van der Waals surface area contributed by atoms with Gasteiger partial charge in [-0.15, -0.1) is 24.0 Å². The van der Waals surface area contributed by atoms with Crippen LogP contribution in [0.15, 0.2) is 47.6 Å². The predicted molar refractivity (Wildman–Crippen MR) is 140 cm³/mol. The van der Waals surface area contributed by atoms with Gasteiger partial charge >= 0.3 is 0 Å². The van der Waals surface area contributed by atoms with Crippen molar-refractivity contribution in [2.75, 3.05) is 26.7 Å². The number of nitrogens with two attached hydrogens (primary N) is 1. The third kappa shape index (κ3) is 8.38. The molecule has 1 saturated heterocycles. The summed E-state index contributed by atoms with van der Waals surface area (Å²) in [5.74, 6) is 2.88. The first-order valence-corrected chi connectivity index (χ1v) is 11.2. The van der Waals surface area contributed by atoms with E-state index in [1.807, 2.05) is 36.4 Å². The predicted octanol–water partition coefficient (Wildman–Crippen LogP) is 3.94. The normalized spacial score (nSPS) is 16.0. The lowest BCUT2D eigenvalue weighted by Gasteiger charge is -2.34. The number of aliphatic imine (C=N–C) groups is 1. The van der Waals surface area contributed by atoms with E-state index in [1.165, 1.54) is 0 Å². The summed E-state index contributed by atoms with van der Waals surface area (Å²) in [4.78, 5) is 22.3. The second-order valence-electron chi connectivity index (χ2n) is 7.92. The summed E-state index contributed by atoms with van der Waals surface area (Å²) >= 11 is 0. The van der Waals surface area contributed by atoms with E-state index < -0.39 is 0 Å². The van der Waals surface area contributed by atoms with Crippen molar-refractivity contribution >= 4 is 35.8 Å². The number of hydrogen-bond donors (Lipinski definition) is 2. The molecule has 3 N–H and O–H groups in total. The van der Waals surface area contributed by atoms with Crippen molar-refractivity contribution in [2.45, 2.75) is 39.2 Å². The number of guanidine groups is 1. The van der Waals surface area contributed by atoms with Gasteiger partial charge in [-0.2, -0.15) is 0 Å². The first-order valence-electron chi connectivity index (χ1n) is 11.2. The molecule has 33 heavy (non-hydrogen) atoms. The van der Waals surface area contributed by atoms with Gasteiger partial charge in [0.15, 0.2) is 5.96 Å². The molecule has 0 bridgehead atoms. The summed E-state index contributed by atoms with van der Waals surface area (Å²) in [7, 11) is 1.77. The van der Waals surface area contributed by atoms with Crippen LogP contribution in [0.4, 0.5) is 0 Å². The number of aromatic nitrogens is 1. The molecule has 8 nitrogen and oxygen atoms in total. The van der Waals surface area contributed by atoms with Crippen LogP contribution >= 0.6 is 24.0 Å². The Hall–Kier alpha value is -2.56. The maximum absolute atomic E-state index is 11.3. The maximum Gasteiger partial charge on any atom is 0.224 e. The standard InChI is InChI=1S/C24H33N5O3.HI/c1-3-14-31-20-8-10-21(11-9-20)32-23-19(7-4-12-27-23)16-28-24(26-2)29-13-5-6-18(17-29)15-22(25)30;/h4,7-12,18H,3,5-6,13-17H2,1-2H3,(H2,25,30)(H,26,28);1H. The monoisotopic (exact) mass is 567 g/mol. The number of carbonyl (C=O) groups is 1. The van der Waals surface area contributed by atoms with Gasteiger partial charge in [-0.25, -0.2) is 4.98 Å². The molecule has 0 aliphatic carbocycles. The Kier molecular flexibility index (Phi) is 11.2. The molecule has 0 spiro atoms. The Morgan fingerprint density at radius 1 is 1.27 bits per heavy atom. The van der Waals surface area contributed by atoms with Crippen molar-refractivity contribution in [1.82, 2.24) is 15.2 Å². The number of hydrogen-bond acceptors (Lipinski definition) is 5. The van der Waals surface area contributed by atoms with E-state index in [-0.39, 0.29) is 35.8 Å². The van der Waals surface area contributed by atoms with Crippen LogP contribution in [-0.2, 0) is 11.3 Å². The van der Waals surface area contributed by atoms with E-state index in [0.717, 1.165) is 49.6 Å². The highest BCUT2D eigenvalue weighted by Crippen LogP contribution is 2.25. The first-order chi connectivity index (χ1) is 15.6. The number of likely N-dealkylation sites (tertiary alicyclic amines) is 1. The largest absolute Gasteiger partial charge is 0.494 e. The van der Waals surface area contributed by atoms with Gasteiger partial charge in [-0.05, 0) is 55.5 Å². The van der Waals surface area contributed by atoms with Crippen LogP contribution in [0, 0.1) is 5.92 Å². The summed E-state index contributed by atoms with van der Waals surface area (Å²) in [6, 6.07) is 11.4. The van der Waals surface area contributed by atoms with E-state index in [0.29, 0.717) is 31.2 Å². The summed E-state index contributed by atoms with van der Waals surface area (Å²) < 4.78 is 11.7. The third-order valence-corrected chi connectivity index (χ3v) is 5.32. The van der Waals surface area contributed by atoms with Crippen LogP contribution < -0.4 is 20.5 Å². The second kappa shape index (κ2) is 13.9. The number of carbonyl (C=O) groups excluding carboxylic acids is 1. The highest BCUT2D eigenvalue weighted by Gasteiger charge is 2.23. The average Bonchev–Trinajstić information content (AvgIpc) is 2.80. The lowest BCUT2D eigenvalue weighted by atomic mass is 9.95. The zero-order valence-corrected chi connectivity index (χ0v) is 21.7. The van der Waals surface area contributed by atoms with Crippen LogP contribution in [0.2, 0.25) is 0 Å². The number of halogens is 1. The fourth-order valence-electron chi connectivity index (χ4n) is 3.80. The molecule has 9 heteroatoms. The Balaban J connectivity index is 0.00000385. The number of amides is 1. The SMILES string of the molecule is CCCOc1ccc(Oc2ncccc2CNC(=NC)N2CCCC(CC(N)=O)C2)cc1.I. The average molecular weight is 567 g/mol. The van der Waals surface area contributed by atoms with Crippen molar-refractivity contribution in [3.05, 3.63) is 48.2 Å². The number of pyridine rings is 1. The lowest BCUT2D eigenvalue weighted by Crippen LogP contribution is -2.46. The van der Waals surface area contributed by atoms with Crippen LogP contribution in [-0.4, -0.2) is 48.5 Å². The summed E-state index contributed by atoms with van der Waals surface area (Å²) in [6.07, 6.45) is 5.12. The topological polar surface area (TPSA) is 102 Å². The van der Waals surface area contributed by atoms with Gasteiger partial charge in [0.1, 0.15) is 11.5 Å². The van der Waals surface area contributed by atoms with Crippen molar-refractivity contribution in [2.24, 2.45) is 16.6 Å². The maximum atomic E-state index is 11.3. The zero-order chi connectivity index (χ0) is 22.8. The molecule has 1 amide bonds. The summed E-state index contributed by atoms with van der Waals surface area (Å²) in [6.45, 7) is 4.96. The van der Waals surface area contributed by atoms with Gasteiger partial charge in [-0.1, -0.05) is 13.0 Å². The van der Waals surface area contributed by atoms with Crippen molar-refractivity contribution in [1.29, 1.82) is 0 Å². The highest BCUT2D eigenvalue weighted by molar-refractivity contribution is 14.0. The molecule has 1 unspecified atom stereocenters. The molecule has 1 atom stereocenters. The molecule has 3 rings (SSSR count). The highest BCUT2D eigenvalue weighted by atomic mass is 127. The minimum atomic E-state index is -0.248. The fraction of sp³-hybridized carbons (Fsp3) is 0.458. The second-order valence-corrected chi connectivity index (χ2v) is 7.92. The summed E-state index contributed by atoms with van der Waals surface area (Å²) in [5.41, 5.74) is 6.31. The minimum Gasteiger partial charge on any atom is -0.494 e. The molecule has 2 heterocycles. The number of benzene rings is 1. The smallest absolute Gasteiger partial charge is 0.224 e. The number of nitrogens with one attached hydrogen (secondary N) is 1. The number of ether oxygens (including phenoxy) is 2. The van der Waals surface area contributed by atoms with Gasteiger partial charge in [-0.3, -0.25) is 9.79 Å². The van der Waals surface area contributed by atoms with E-state index >= 15 is 0 Å². The Bertz CT molecular complexity index is 907. The van der Waals surface area contributed by atoms with E-state index in [2.05, 4.69) is 27.1 Å². The minimum absolute atomic E-state index is 0. The molecular weight excluding hydrogens is 533 g/mol. The molecule has 1 aromatic carbocycles. The van der Waals surface area contributed by atoms with E-state index in [9.17, 15) is 4.79 Å². The van der Waals surface area contributed by atoms with Crippen molar-refractivity contribution in [3.8, 4) is 17.4 Å². The molecule has 180 valence electrons. The Labute approximate surface area is 213 Å². The Morgan fingerprint density at radius 3 is 2.73 bits per heavy atom. The van der Waals surface area contributed by atoms with Crippen molar-refractivity contribution in [3.63, 3.8) is 0 Å². The molecule has 2 aromatic rings. The molecular formula is C24H34IN5O3. The molecule has 1 aliphatic heterocycles. The van der Waals surface area contributed by atoms with Crippen molar-refractivity contribution < 1.29 is 14.3 Å². The zero-order valence-electron chi connectivity index (χ0n) is 19.3. The van der Waals surface area contributed by atoms with Crippen LogP contribution in [0.3, 0.4) is 0 Å². The number of rotatable bonds is 9. The van der Waals surface area contributed by atoms with E-state index in [1.54, 1.807) is 13.2 Å². The summed E-state index contributed by atoms with van der Waals surface area (Å²) in [5, 5.41) is 3.41. The van der Waals surface area contributed by atoms with Gasteiger partial charge in [0, 0.05) is 44.9 Å². The van der Waals surface area contributed by atoms with Gasteiger partial charge in [0.05, 0.1) is 6.61 Å². The fourth-order valence-corrected chi connectivity index (χ4v) is 3.80. The molecule has 1 fully saturated rings. The molecule has 0 radical (unpaired) electrons. The first kappa shape index (κ1) is 26.7. The molecule has 1 aromatic heterocycles. The quantitative estimate of drug-likeness (QED) is 0.271. The molecule has 1 aliphatic rings.